The summed E-state index contributed by atoms with van der Waals surface area (Å²) >= 11 is 0. The molecular formula is C12H15N3. The molecule has 2 N–H and O–H groups in total. The number of rotatable bonds is 3. The molecular weight excluding hydrogens is 186 g/mol. The molecule has 0 aliphatic carbocycles. The highest BCUT2D eigenvalue weighted by Gasteiger charge is 2.03. The summed E-state index contributed by atoms with van der Waals surface area (Å²) in [7, 11) is 0. The zero-order chi connectivity index (χ0) is 10.7. The lowest BCUT2D eigenvalue weighted by Gasteiger charge is -2.07. The quantitative estimate of drug-likeness (QED) is 0.821. The number of hydrogen-bond acceptors (Lipinski definition) is 2. The first kappa shape index (κ1) is 9.93. The summed E-state index contributed by atoms with van der Waals surface area (Å²) in [5.74, 6) is 0. The third-order valence-electron chi connectivity index (χ3n) is 2.36. The van der Waals surface area contributed by atoms with Crippen LogP contribution in [-0.2, 0) is 6.42 Å². The molecule has 0 saturated heterocycles. The van der Waals surface area contributed by atoms with E-state index in [1.54, 1.807) is 0 Å². The lowest BCUT2D eigenvalue weighted by Crippen LogP contribution is -2.06. The molecule has 0 spiro atoms. The van der Waals surface area contributed by atoms with Gasteiger partial charge in [0.1, 0.15) is 0 Å². The summed E-state index contributed by atoms with van der Waals surface area (Å²) in [6, 6.07) is 8.22. The summed E-state index contributed by atoms with van der Waals surface area (Å²) in [4.78, 5) is 0. The van der Waals surface area contributed by atoms with Crippen LogP contribution < -0.4 is 5.73 Å². The highest BCUT2D eigenvalue weighted by molar-refractivity contribution is 5.40. The third-order valence-corrected chi connectivity index (χ3v) is 2.36. The van der Waals surface area contributed by atoms with Crippen LogP contribution in [0.4, 0.5) is 0 Å². The minimum absolute atomic E-state index is 0.664. The Morgan fingerprint density at radius 2 is 2.13 bits per heavy atom. The lowest BCUT2D eigenvalue weighted by atomic mass is 10.1. The van der Waals surface area contributed by atoms with Crippen LogP contribution in [0.15, 0.2) is 36.7 Å². The van der Waals surface area contributed by atoms with Crippen LogP contribution in [0, 0.1) is 6.92 Å². The first-order valence-electron chi connectivity index (χ1n) is 5.11. The van der Waals surface area contributed by atoms with E-state index in [9.17, 15) is 0 Å². The van der Waals surface area contributed by atoms with Crippen molar-refractivity contribution in [1.82, 2.24) is 9.78 Å². The van der Waals surface area contributed by atoms with Crippen molar-refractivity contribution in [2.45, 2.75) is 13.3 Å². The van der Waals surface area contributed by atoms with Gasteiger partial charge in [0.2, 0.25) is 0 Å². The van der Waals surface area contributed by atoms with Gasteiger partial charge in [-0.2, -0.15) is 5.10 Å². The van der Waals surface area contributed by atoms with Crippen LogP contribution in [0.25, 0.3) is 5.69 Å². The van der Waals surface area contributed by atoms with Gasteiger partial charge in [0.15, 0.2) is 0 Å². The molecule has 1 heterocycles. The fourth-order valence-electron chi connectivity index (χ4n) is 1.65. The molecule has 0 amide bonds. The molecule has 2 aromatic rings. The van der Waals surface area contributed by atoms with Crippen LogP contribution in [-0.4, -0.2) is 16.3 Å². The molecule has 78 valence electrons. The topological polar surface area (TPSA) is 43.8 Å². The van der Waals surface area contributed by atoms with Crippen LogP contribution >= 0.6 is 0 Å². The van der Waals surface area contributed by atoms with E-state index in [2.05, 4.69) is 17.2 Å². The zero-order valence-electron chi connectivity index (χ0n) is 8.85. The highest BCUT2D eigenvalue weighted by atomic mass is 15.3. The van der Waals surface area contributed by atoms with Crippen molar-refractivity contribution in [1.29, 1.82) is 0 Å². The van der Waals surface area contributed by atoms with E-state index in [0.29, 0.717) is 6.54 Å². The summed E-state index contributed by atoms with van der Waals surface area (Å²) < 4.78 is 1.90. The van der Waals surface area contributed by atoms with Gasteiger partial charge in [-0.25, -0.2) is 4.68 Å². The Hall–Kier alpha value is -1.61. The number of benzene rings is 1. The van der Waals surface area contributed by atoms with Gasteiger partial charge in [-0.1, -0.05) is 18.2 Å². The van der Waals surface area contributed by atoms with Crippen molar-refractivity contribution >= 4 is 0 Å². The van der Waals surface area contributed by atoms with Crippen LogP contribution in [0.2, 0.25) is 0 Å². The van der Waals surface area contributed by atoms with Gasteiger partial charge in [-0.15, -0.1) is 0 Å². The van der Waals surface area contributed by atoms with E-state index in [4.69, 9.17) is 5.73 Å². The molecule has 0 radical (unpaired) electrons. The van der Waals surface area contributed by atoms with Crippen molar-refractivity contribution in [3.63, 3.8) is 0 Å². The van der Waals surface area contributed by atoms with Gasteiger partial charge >= 0.3 is 0 Å². The second-order valence-corrected chi connectivity index (χ2v) is 3.63. The number of para-hydroxylation sites is 1. The van der Waals surface area contributed by atoms with Gasteiger partial charge < -0.3 is 5.73 Å². The number of nitrogens with two attached hydrogens (primary N) is 1. The Morgan fingerprint density at radius 3 is 2.80 bits per heavy atom. The molecule has 0 unspecified atom stereocenters. The van der Waals surface area contributed by atoms with Crippen LogP contribution in [0.1, 0.15) is 11.1 Å². The van der Waals surface area contributed by atoms with E-state index in [1.807, 2.05) is 36.1 Å². The smallest absolute Gasteiger partial charge is 0.0678 e. The molecule has 0 atom stereocenters. The number of aromatic nitrogens is 2. The Balaban J connectivity index is 2.42. The Bertz CT molecular complexity index is 446. The molecule has 0 saturated carbocycles. The first-order chi connectivity index (χ1) is 7.31. The average Bonchev–Trinajstić information content (AvgIpc) is 2.66. The molecule has 15 heavy (non-hydrogen) atoms. The van der Waals surface area contributed by atoms with E-state index in [0.717, 1.165) is 17.7 Å². The van der Waals surface area contributed by atoms with Crippen LogP contribution in [0.5, 0.6) is 0 Å². The average molecular weight is 201 g/mol. The Labute approximate surface area is 89.5 Å². The van der Waals surface area contributed by atoms with E-state index < -0.39 is 0 Å². The maximum absolute atomic E-state index is 5.58. The monoisotopic (exact) mass is 201 g/mol. The number of aryl methyl sites for hydroxylation is 1. The largest absolute Gasteiger partial charge is 0.330 e. The SMILES string of the molecule is Cc1cnn(-c2ccccc2CCN)c1. The van der Waals surface area contributed by atoms with Crippen LogP contribution in [0.3, 0.4) is 0 Å². The molecule has 3 heteroatoms. The van der Waals surface area contributed by atoms with Crippen molar-refractivity contribution in [2.75, 3.05) is 6.54 Å². The van der Waals surface area contributed by atoms with Crippen molar-refractivity contribution in [3.05, 3.63) is 47.8 Å². The van der Waals surface area contributed by atoms with Crippen molar-refractivity contribution < 1.29 is 0 Å². The molecule has 1 aromatic heterocycles. The highest BCUT2D eigenvalue weighted by Crippen LogP contribution is 2.14. The summed E-state index contributed by atoms with van der Waals surface area (Å²) in [6.07, 6.45) is 4.77. The minimum Gasteiger partial charge on any atom is -0.330 e. The fraction of sp³-hybridized carbons (Fsp3) is 0.250. The predicted octanol–water partition coefficient (Wildman–Crippen LogP) is 1.68. The molecule has 0 bridgehead atoms. The van der Waals surface area contributed by atoms with Gasteiger partial charge in [-0.05, 0) is 37.1 Å². The molecule has 0 aliphatic rings. The van der Waals surface area contributed by atoms with Gasteiger partial charge in [0.25, 0.3) is 0 Å². The van der Waals surface area contributed by atoms with E-state index in [1.165, 1.54) is 5.56 Å². The summed E-state index contributed by atoms with van der Waals surface area (Å²) in [5.41, 5.74) is 9.11. The predicted molar refractivity (Wildman–Crippen MR) is 61.1 cm³/mol. The normalized spacial score (nSPS) is 10.5. The maximum atomic E-state index is 5.58. The third kappa shape index (κ3) is 2.07. The maximum Gasteiger partial charge on any atom is 0.0678 e. The zero-order valence-corrected chi connectivity index (χ0v) is 8.85. The van der Waals surface area contributed by atoms with Gasteiger partial charge in [0, 0.05) is 6.20 Å². The second-order valence-electron chi connectivity index (χ2n) is 3.63. The molecule has 0 fully saturated rings. The lowest BCUT2D eigenvalue weighted by molar-refractivity contribution is 0.850. The molecule has 3 nitrogen and oxygen atoms in total. The first-order valence-corrected chi connectivity index (χ1v) is 5.11. The number of hydrogen-bond donors (Lipinski definition) is 1. The van der Waals surface area contributed by atoms with Gasteiger partial charge in [0.05, 0.1) is 11.9 Å². The standard InChI is InChI=1S/C12H15N3/c1-10-8-14-15(9-10)12-5-3-2-4-11(12)6-7-13/h2-5,8-9H,6-7,13H2,1H3. The van der Waals surface area contributed by atoms with Crippen molar-refractivity contribution in [3.8, 4) is 5.69 Å². The summed E-state index contributed by atoms with van der Waals surface area (Å²) in [6.45, 7) is 2.70. The Kier molecular flexibility index (Phi) is 2.83. The number of nitrogens with zero attached hydrogens (tertiary/aromatic N) is 2. The molecule has 2 rings (SSSR count). The van der Waals surface area contributed by atoms with E-state index >= 15 is 0 Å². The fourth-order valence-corrected chi connectivity index (χ4v) is 1.65. The van der Waals surface area contributed by atoms with Crippen molar-refractivity contribution in [2.24, 2.45) is 5.73 Å². The summed E-state index contributed by atoms with van der Waals surface area (Å²) in [5, 5.41) is 4.30. The second kappa shape index (κ2) is 4.28. The minimum atomic E-state index is 0.664. The van der Waals surface area contributed by atoms with Gasteiger partial charge in [-0.3, -0.25) is 0 Å². The molecule has 0 aliphatic heterocycles. The Morgan fingerprint density at radius 1 is 1.33 bits per heavy atom. The van der Waals surface area contributed by atoms with E-state index in [-0.39, 0.29) is 0 Å². The molecule has 1 aromatic carbocycles.